The van der Waals surface area contributed by atoms with E-state index in [1.807, 2.05) is 18.2 Å². The van der Waals surface area contributed by atoms with Crippen molar-refractivity contribution in [2.75, 3.05) is 19.3 Å². The van der Waals surface area contributed by atoms with Crippen LogP contribution in [0.25, 0.3) is 33.4 Å². The summed E-state index contributed by atoms with van der Waals surface area (Å²) >= 11 is 0. The molecule has 7 nitrogen and oxygen atoms in total. The van der Waals surface area contributed by atoms with E-state index >= 15 is 13.2 Å². The predicted molar refractivity (Wildman–Crippen MR) is 223 cm³/mol. The molecule has 0 spiro atoms. The number of benzene rings is 6. The third kappa shape index (κ3) is 7.51. The molecule has 0 aromatic heterocycles. The zero-order valence-electron chi connectivity index (χ0n) is 32.6. The molecule has 0 atom stereocenters. The Balaban J connectivity index is 1.12. The molecule has 16 heteroatoms. The van der Waals surface area contributed by atoms with E-state index in [9.17, 15) is 35.6 Å². The third-order valence-corrected chi connectivity index (χ3v) is 16.8. The number of nitrogens with zero attached hydrogens (tertiary/aromatic N) is 1. The van der Waals surface area contributed by atoms with Crippen LogP contribution < -0.4 is 25.5 Å². The molecule has 2 heterocycles. The number of hydrogen-bond acceptors (Lipinski definition) is 6. The van der Waals surface area contributed by atoms with Crippen molar-refractivity contribution in [2.24, 2.45) is 5.92 Å². The molecular weight excluding hydrogens is 859 g/mol. The van der Waals surface area contributed by atoms with Crippen LogP contribution in [-0.2, 0) is 10.1 Å². The van der Waals surface area contributed by atoms with Crippen LogP contribution in [0.2, 0.25) is 0 Å². The Morgan fingerprint density at radius 2 is 1.31 bits per heavy atom. The second-order valence-corrected chi connectivity index (χ2v) is 20.1. The van der Waals surface area contributed by atoms with Crippen molar-refractivity contribution in [3.63, 3.8) is 0 Å². The molecule has 0 saturated carbocycles. The summed E-state index contributed by atoms with van der Waals surface area (Å²) in [5.41, 5.74) is -9.37. The Hall–Kier alpha value is -6.05. The highest BCUT2D eigenvalue weighted by Gasteiger charge is 2.50. The van der Waals surface area contributed by atoms with Crippen molar-refractivity contribution in [1.29, 1.82) is 0 Å². The number of rotatable bonds is 9. The molecular formula is C46H34F7NO6PS+. The molecule has 0 radical (unpaired) electrons. The van der Waals surface area contributed by atoms with E-state index in [0.29, 0.717) is 38.1 Å². The molecule has 3 aliphatic rings. The number of amides is 1. The van der Waals surface area contributed by atoms with Crippen LogP contribution in [0, 0.1) is 36.1 Å². The first-order valence-electron chi connectivity index (χ1n) is 19.2. The lowest BCUT2D eigenvalue weighted by Crippen LogP contribution is -2.42. The highest BCUT2D eigenvalue weighted by molar-refractivity contribution is 7.95. The summed E-state index contributed by atoms with van der Waals surface area (Å²) < 4.78 is 133. The summed E-state index contributed by atoms with van der Waals surface area (Å²) in [6.07, 6.45) is 2.32. The predicted octanol–water partition coefficient (Wildman–Crippen LogP) is 9.50. The van der Waals surface area contributed by atoms with Gasteiger partial charge in [-0.1, -0.05) is 60.7 Å². The van der Waals surface area contributed by atoms with Gasteiger partial charge in [-0.3, -0.25) is 9.59 Å². The first kappa shape index (κ1) is 42.6. The number of aryl methyl sites for hydroxylation is 1. The van der Waals surface area contributed by atoms with Gasteiger partial charge < -0.3 is 13.5 Å². The maximum atomic E-state index is 15.8. The van der Waals surface area contributed by atoms with Crippen molar-refractivity contribution in [2.45, 2.75) is 25.3 Å². The number of fused-ring (bicyclic) bond motifs is 2. The average Bonchev–Trinajstić information content (AvgIpc) is 3.26. The summed E-state index contributed by atoms with van der Waals surface area (Å²) in [6, 6.07) is 36.6. The largest absolute Gasteiger partial charge is 0.534 e. The SMILES string of the molecule is Cc1cc(C(=O)N2CCC(C[P+](c3ccccc3)(c3ccccc3)c3ccccc3)CC2)ccc1-c1c2cc(F)c(=O)c(F)c-2oc2c(F)c(OS(=O)(=O)C(F)(F)F)c(F)cc12. The molecule has 1 saturated heterocycles. The van der Waals surface area contributed by atoms with Gasteiger partial charge in [0.1, 0.15) is 23.2 Å². The Kier molecular flexibility index (Phi) is 11.2. The van der Waals surface area contributed by atoms with Crippen molar-refractivity contribution >= 4 is 50.2 Å². The van der Waals surface area contributed by atoms with Gasteiger partial charge in [-0.05, 0) is 97.5 Å². The average molecular weight is 893 g/mol. The molecule has 2 aliphatic heterocycles. The fourth-order valence-electron chi connectivity index (χ4n) is 8.29. The molecule has 0 bridgehead atoms. The minimum atomic E-state index is -6.60. The topological polar surface area (TPSA) is 93.9 Å². The van der Waals surface area contributed by atoms with Gasteiger partial charge in [-0.2, -0.15) is 30.4 Å². The van der Waals surface area contributed by atoms with E-state index in [0.717, 1.165) is 6.16 Å². The van der Waals surface area contributed by atoms with Crippen LogP contribution in [0.5, 0.6) is 5.75 Å². The molecule has 8 rings (SSSR count). The van der Waals surface area contributed by atoms with Gasteiger partial charge in [0.25, 0.3) is 11.3 Å². The van der Waals surface area contributed by atoms with Crippen LogP contribution in [0.3, 0.4) is 0 Å². The summed E-state index contributed by atoms with van der Waals surface area (Å²) in [5.74, 6) is -10.6. The summed E-state index contributed by atoms with van der Waals surface area (Å²) in [7, 11) is -8.73. The standard InChI is InChI=1S/C46H34F7NO6PS/c1-27-23-29(45(56)54-21-19-28(20-22-54)26-61(30-11-5-2-6-12-30,31-13-7-3-8-14-31)32-15-9-4-10-16-32)17-18-33(27)38-34-24-36(47)41(55)39(49)42(34)59-43-35(38)25-37(48)44(40(43)50)60-62(57,58)46(51,52)53/h2-18,23-25,28H,19-22,26H2,1H3/q+1. The van der Waals surface area contributed by atoms with Crippen LogP contribution >= 0.6 is 7.26 Å². The summed E-state index contributed by atoms with van der Waals surface area (Å²) in [4.78, 5) is 28.0. The first-order valence-corrected chi connectivity index (χ1v) is 22.6. The summed E-state index contributed by atoms with van der Waals surface area (Å²) in [5, 5.41) is 3.16. The fourth-order valence-corrected chi connectivity index (χ4v) is 13.5. The number of alkyl halides is 3. The number of carbonyl (C=O) groups excluding carboxylic acids is 1. The molecule has 1 aliphatic carbocycles. The lowest BCUT2D eigenvalue weighted by Gasteiger charge is -2.36. The molecule has 1 amide bonds. The zero-order chi connectivity index (χ0) is 44.1. The maximum absolute atomic E-state index is 15.8. The monoisotopic (exact) mass is 892 g/mol. The Bertz CT molecular complexity index is 2880. The normalized spacial score (nSPS) is 14.1. The van der Waals surface area contributed by atoms with Crippen LogP contribution in [-0.4, -0.2) is 44.0 Å². The van der Waals surface area contributed by atoms with E-state index in [2.05, 4.69) is 77.0 Å². The molecule has 1 fully saturated rings. The fraction of sp³-hybridized carbons (Fsp3) is 0.174. The highest BCUT2D eigenvalue weighted by atomic mass is 32.2. The minimum absolute atomic E-state index is 0.0435. The van der Waals surface area contributed by atoms with Crippen LogP contribution in [0.1, 0.15) is 28.8 Å². The Morgan fingerprint density at radius 1 is 0.758 bits per heavy atom. The van der Waals surface area contributed by atoms with Crippen molar-refractivity contribution in [1.82, 2.24) is 4.90 Å². The second-order valence-electron chi connectivity index (χ2n) is 15.0. The number of likely N-dealkylation sites (tertiary alicyclic amines) is 1. The lowest BCUT2D eigenvalue weighted by atomic mass is 9.89. The van der Waals surface area contributed by atoms with Crippen molar-refractivity contribution < 1.29 is 52.5 Å². The second kappa shape index (κ2) is 16.3. The number of carbonyl (C=O) groups is 1. The van der Waals surface area contributed by atoms with Gasteiger partial charge in [0.15, 0.2) is 23.0 Å². The van der Waals surface area contributed by atoms with Gasteiger partial charge in [-0.25, -0.2) is 8.78 Å². The quantitative estimate of drug-likeness (QED) is 0.0472. The van der Waals surface area contributed by atoms with Gasteiger partial charge in [0.2, 0.25) is 17.4 Å². The van der Waals surface area contributed by atoms with Gasteiger partial charge in [-0.15, -0.1) is 0 Å². The summed E-state index contributed by atoms with van der Waals surface area (Å²) in [6.45, 7) is 2.40. The highest BCUT2D eigenvalue weighted by Crippen LogP contribution is 2.57. The van der Waals surface area contributed by atoms with Crippen molar-refractivity contribution in [3.8, 4) is 28.2 Å². The Morgan fingerprint density at radius 3 is 1.82 bits per heavy atom. The van der Waals surface area contributed by atoms with Crippen molar-refractivity contribution in [3.05, 3.63) is 166 Å². The van der Waals surface area contributed by atoms with E-state index < -0.39 is 79.6 Å². The van der Waals surface area contributed by atoms with Gasteiger partial charge >= 0.3 is 15.6 Å². The molecule has 0 unspecified atom stereocenters. The van der Waals surface area contributed by atoms with Crippen LogP contribution in [0.15, 0.2) is 131 Å². The molecule has 5 aromatic carbocycles. The van der Waals surface area contributed by atoms with Gasteiger partial charge in [0.05, 0.1) is 6.16 Å². The molecule has 62 heavy (non-hydrogen) atoms. The number of halogens is 7. The van der Waals surface area contributed by atoms with E-state index in [1.165, 1.54) is 41.0 Å². The maximum Gasteiger partial charge on any atom is 0.534 e. The van der Waals surface area contributed by atoms with E-state index in [1.54, 1.807) is 4.90 Å². The Labute approximate surface area is 351 Å². The van der Waals surface area contributed by atoms with E-state index in [-0.39, 0.29) is 34.1 Å². The molecule has 318 valence electrons. The van der Waals surface area contributed by atoms with E-state index in [4.69, 9.17) is 4.42 Å². The first-order chi connectivity index (χ1) is 29.5. The third-order valence-electron chi connectivity index (χ3n) is 11.2. The lowest BCUT2D eigenvalue weighted by molar-refractivity contribution is -0.0501. The number of hydrogen-bond donors (Lipinski definition) is 0. The minimum Gasteiger partial charge on any atom is -0.450 e. The molecule has 0 N–H and O–H groups in total. The van der Waals surface area contributed by atoms with Crippen LogP contribution in [0.4, 0.5) is 30.7 Å². The molecule has 5 aromatic rings. The zero-order valence-corrected chi connectivity index (χ0v) is 34.3. The number of piperidine rings is 1. The van der Waals surface area contributed by atoms with Gasteiger partial charge in [0, 0.05) is 35.2 Å². The smallest absolute Gasteiger partial charge is 0.450 e.